The van der Waals surface area contributed by atoms with E-state index in [1.807, 2.05) is 17.9 Å². The van der Waals surface area contributed by atoms with Crippen LogP contribution in [0.3, 0.4) is 0 Å². The first kappa shape index (κ1) is 24.1. The molecule has 8 nitrogen and oxygen atoms in total. The third-order valence-corrected chi connectivity index (χ3v) is 5.53. The Kier molecular flexibility index (Phi) is 8.29. The van der Waals surface area contributed by atoms with Gasteiger partial charge in [-0.05, 0) is 62.1 Å². The lowest BCUT2D eigenvalue weighted by atomic mass is 10.1. The molecule has 1 saturated heterocycles. The topological polar surface area (TPSA) is 102 Å². The monoisotopic (exact) mass is 453 g/mol. The summed E-state index contributed by atoms with van der Waals surface area (Å²) < 4.78 is 11.4. The maximum atomic E-state index is 13.0. The van der Waals surface area contributed by atoms with Gasteiger partial charge in [-0.1, -0.05) is 12.1 Å². The van der Waals surface area contributed by atoms with Crippen LogP contribution in [0.1, 0.15) is 52.5 Å². The molecule has 3 rings (SSSR count). The van der Waals surface area contributed by atoms with Crippen LogP contribution in [0.2, 0.25) is 0 Å². The van der Waals surface area contributed by atoms with Crippen molar-refractivity contribution in [3.8, 4) is 11.5 Å². The zero-order valence-corrected chi connectivity index (χ0v) is 19.2. The average molecular weight is 454 g/mol. The van der Waals surface area contributed by atoms with Crippen LogP contribution in [0, 0.1) is 0 Å². The molecule has 1 aliphatic rings. The molecule has 0 unspecified atom stereocenters. The molecular formula is C25H31N3O5. The van der Waals surface area contributed by atoms with Gasteiger partial charge in [0.2, 0.25) is 5.91 Å². The largest absolute Gasteiger partial charge is 0.490 e. The van der Waals surface area contributed by atoms with Crippen molar-refractivity contribution in [2.24, 2.45) is 5.73 Å². The Morgan fingerprint density at radius 1 is 0.970 bits per heavy atom. The van der Waals surface area contributed by atoms with Crippen molar-refractivity contribution in [2.45, 2.75) is 32.7 Å². The Morgan fingerprint density at radius 3 is 2.42 bits per heavy atom. The van der Waals surface area contributed by atoms with Crippen LogP contribution in [0.4, 0.5) is 0 Å². The van der Waals surface area contributed by atoms with Crippen LogP contribution >= 0.6 is 0 Å². The lowest BCUT2D eigenvalue weighted by molar-refractivity contribution is -0.134. The number of hydrogen-bond donors (Lipinski definition) is 1. The van der Waals surface area contributed by atoms with E-state index in [0.29, 0.717) is 35.8 Å². The second kappa shape index (κ2) is 11.4. The van der Waals surface area contributed by atoms with Crippen LogP contribution in [0.15, 0.2) is 42.5 Å². The summed E-state index contributed by atoms with van der Waals surface area (Å²) in [4.78, 5) is 40.2. The van der Waals surface area contributed by atoms with Gasteiger partial charge < -0.3 is 25.0 Å². The number of benzene rings is 2. The van der Waals surface area contributed by atoms with E-state index in [9.17, 15) is 14.4 Å². The summed E-state index contributed by atoms with van der Waals surface area (Å²) in [7, 11) is 1.68. The van der Waals surface area contributed by atoms with Gasteiger partial charge >= 0.3 is 0 Å². The zero-order chi connectivity index (χ0) is 23.8. The molecule has 0 saturated carbocycles. The molecule has 2 aromatic rings. The molecular weight excluding hydrogens is 422 g/mol. The standard InChI is InChI=1S/C25H31N3O5/c1-3-32-22-15-20(10-11-21(22)33-17-23(29)28-12-5-4-6-13-28)25(31)27(2)16-18-8-7-9-19(14-18)24(26)30/h7-11,14-15H,3-6,12-13,16-17H2,1-2H3,(H2,26,30). The van der Waals surface area contributed by atoms with Gasteiger partial charge in [0, 0.05) is 37.8 Å². The fourth-order valence-electron chi connectivity index (χ4n) is 3.79. The lowest BCUT2D eigenvalue weighted by Crippen LogP contribution is -2.38. The minimum absolute atomic E-state index is 0.0461. The quantitative estimate of drug-likeness (QED) is 0.629. The predicted octanol–water partition coefficient (Wildman–Crippen LogP) is 2.85. The Balaban J connectivity index is 1.67. The molecule has 0 atom stereocenters. The van der Waals surface area contributed by atoms with Crippen molar-refractivity contribution in [2.75, 3.05) is 33.4 Å². The van der Waals surface area contributed by atoms with Crippen LogP contribution in [0.25, 0.3) is 0 Å². The molecule has 0 bridgehead atoms. The SMILES string of the molecule is CCOc1cc(C(=O)N(C)Cc2cccc(C(N)=O)c2)ccc1OCC(=O)N1CCCCC1. The summed E-state index contributed by atoms with van der Waals surface area (Å²) in [5.41, 5.74) is 6.96. The number of carbonyl (C=O) groups excluding carboxylic acids is 3. The van der Waals surface area contributed by atoms with E-state index < -0.39 is 5.91 Å². The zero-order valence-electron chi connectivity index (χ0n) is 19.2. The molecule has 0 spiro atoms. The molecule has 1 aliphatic heterocycles. The van der Waals surface area contributed by atoms with Gasteiger partial charge in [0.1, 0.15) is 0 Å². The number of ether oxygens (including phenoxy) is 2. The Labute approximate surface area is 194 Å². The van der Waals surface area contributed by atoms with E-state index in [2.05, 4.69) is 0 Å². The highest BCUT2D eigenvalue weighted by Crippen LogP contribution is 2.29. The maximum Gasteiger partial charge on any atom is 0.260 e. The first-order chi connectivity index (χ1) is 15.9. The van der Waals surface area contributed by atoms with Crippen molar-refractivity contribution >= 4 is 17.7 Å². The van der Waals surface area contributed by atoms with Crippen LogP contribution < -0.4 is 15.2 Å². The summed E-state index contributed by atoms with van der Waals surface area (Å²) in [6.45, 7) is 4.01. The predicted molar refractivity (Wildman–Crippen MR) is 124 cm³/mol. The number of nitrogens with zero attached hydrogens (tertiary/aromatic N) is 2. The van der Waals surface area contributed by atoms with E-state index in [1.54, 1.807) is 48.3 Å². The molecule has 176 valence electrons. The van der Waals surface area contributed by atoms with Gasteiger partial charge in [-0.2, -0.15) is 0 Å². The highest BCUT2D eigenvalue weighted by molar-refractivity contribution is 5.95. The minimum atomic E-state index is -0.512. The molecule has 2 aromatic carbocycles. The number of rotatable bonds is 9. The van der Waals surface area contributed by atoms with Crippen molar-refractivity contribution < 1.29 is 23.9 Å². The summed E-state index contributed by atoms with van der Waals surface area (Å²) >= 11 is 0. The van der Waals surface area contributed by atoms with Crippen LogP contribution in [-0.2, 0) is 11.3 Å². The van der Waals surface area contributed by atoms with Crippen molar-refractivity contribution in [3.05, 3.63) is 59.2 Å². The normalized spacial score (nSPS) is 13.3. The van der Waals surface area contributed by atoms with Crippen molar-refractivity contribution in [3.63, 3.8) is 0 Å². The lowest BCUT2D eigenvalue weighted by Gasteiger charge is -2.26. The van der Waals surface area contributed by atoms with Gasteiger partial charge in [-0.15, -0.1) is 0 Å². The molecule has 0 radical (unpaired) electrons. The summed E-state index contributed by atoms with van der Waals surface area (Å²) in [5.74, 6) is 0.0719. The highest BCUT2D eigenvalue weighted by Gasteiger charge is 2.19. The fraction of sp³-hybridized carbons (Fsp3) is 0.400. The Hall–Kier alpha value is -3.55. The average Bonchev–Trinajstić information content (AvgIpc) is 2.83. The fourth-order valence-corrected chi connectivity index (χ4v) is 3.79. The number of hydrogen-bond acceptors (Lipinski definition) is 5. The summed E-state index contributed by atoms with van der Waals surface area (Å²) in [6.07, 6.45) is 3.19. The first-order valence-corrected chi connectivity index (χ1v) is 11.2. The van der Waals surface area contributed by atoms with Gasteiger partial charge in [-0.3, -0.25) is 14.4 Å². The minimum Gasteiger partial charge on any atom is -0.490 e. The van der Waals surface area contributed by atoms with Gasteiger partial charge in [0.05, 0.1) is 6.61 Å². The Bertz CT molecular complexity index is 1000. The van der Waals surface area contributed by atoms with E-state index in [0.717, 1.165) is 37.9 Å². The molecule has 0 aromatic heterocycles. The van der Waals surface area contributed by atoms with Crippen LogP contribution in [0.5, 0.6) is 11.5 Å². The second-order valence-electron chi connectivity index (χ2n) is 8.05. The van der Waals surface area contributed by atoms with E-state index >= 15 is 0 Å². The van der Waals surface area contributed by atoms with Gasteiger partial charge in [0.15, 0.2) is 18.1 Å². The van der Waals surface area contributed by atoms with Gasteiger partial charge in [-0.25, -0.2) is 0 Å². The smallest absolute Gasteiger partial charge is 0.260 e. The number of carbonyl (C=O) groups is 3. The third kappa shape index (κ3) is 6.47. The summed E-state index contributed by atoms with van der Waals surface area (Å²) in [5, 5.41) is 0. The maximum absolute atomic E-state index is 13.0. The molecule has 33 heavy (non-hydrogen) atoms. The third-order valence-electron chi connectivity index (χ3n) is 5.53. The van der Waals surface area contributed by atoms with Crippen molar-refractivity contribution in [1.82, 2.24) is 9.80 Å². The molecule has 8 heteroatoms. The number of nitrogens with two attached hydrogens (primary N) is 1. The second-order valence-corrected chi connectivity index (χ2v) is 8.05. The highest BCUT2D eigenvalue weighted by atomic mass is 16.5. The number of likely N-dealkylation sites (tertiary alicyclic amines) is 1. The van der Waals surface area contributed by atoms with E-state index in [4.69, 9.17) is 15.2 Å². The summed E-state index contributed by atoms with van der Waals surface area (Å²) in [6, 6.07) is 11.8. The number of primary amides is 1. The molecule has 1 fully saturated rings. The first-order valence-electron chi connectivity index (χ1n) is 11.2. The number of amides is 3. The van der Waals surface area contributed by atoms with Crippen molar-refractivity contribution in [1.29, 1.82) is 0 Å². The Morgan fingerprint density at radius 2 is 1.73 bits per heavy atom. The van der Waals surface area contributed by atoms with Gasteiger partial charge in [0.25, 0.3) is 11.8 Å². The molecule has 0 aliphatic carbocycles. The van der Waals surface area contributed by atoms with E-state index in [1.165, 1.54) is 0 Å². The molecule has 1 heterocycles. The molecule has 2 N–H and O–H groups in total. The van der Waals surface area contributed by atoms with Crippen LogP contribution in [-0.4, -0.2) is 60.9 Å². The van der Waals surface area contributed by atoms with E-state index in [-0.39, 0.29) is 18.4 Å². The molecule has 3 amide bonds. The number of piperidine rings is 1.